The number of hydrogen-bond acceptors (Lipinski definition) is 4. The topological polar surface area (TPSA) is 92.1 Å². The summed E-state index contributed by atoms with van der Waals surface area (Å²) in [7, 11) is -3.57. The van der Waals surface area contributed by atoms with Gasteiger partial charge in [-0.25, -0.2) is 8.42 Å². The number of nitrogens with one attached hydrogen (secondary N) is 1. The highest BCUT2D eigenvalue weighted by atomic mass is 32.2. The van der Waals surface area contributed by atoms with E-state index in [1.165, 1.54) is 10.5 Å². The van der Waals surface area contributed by atoms with E-state index in [1.54, 1.807) is 19.1 Å². The van der Waals surface area contributed by atoms with Gasteiger partial charge in [-0.1, -0.05) is 6.07 Å². The van der Waals surface area contributed by atoms with Gasteiger partial charge in [0, 0.05) is 12.2 Å². The zero-order chi connectivity index (χ0) is 13.6. The van der Waals surface area contributed by atoms with Crippen LogP contribution in [0.15, 0.2) is 29.3 Å². The summed E-state index contributed by atoms with van der Waals surface area (Å²) in [5.41, 5.74) is 8.51. The molecule has 0 spiro atoms. The molecule has 0 saturated heterocycles. The molecule has 2 heterocycles. The molecular weight excluding hydrogens is 264 g/mol. The van der Waals surface area contributed by atoms with Gasteiger partial charge in [0.15, 0.2) is 0 Å². The standard InChI is InChI=1S/C12H14N4O2S/c1-8-12(7-14-15-8)19(17,18)16-5-4-9-2-3-10(13)6-11(9)16/h2-3,6-7H,4-5,13H2,1H3,(H,14,15). The zero-order valence-corrected chi connectivity index (χ0v) is 11.2. The molecule has 1 aliphatic rings. The van der Waals surface area contributed by atoms with Crippen LogP contribution < -0.4 is 10.0 Å². The quantitative estimate of drug-likeness (QED) is 0.803. The van der Waals surface area contributed by atoms with Crippen molar-refractivity contribution in [3.8, 4) is 0 Å². The molecule has 0 fully saturated rings. The molecule has 7 heteroatoms. The fraction of sp³-hybridized carbons (Fsp3) is 0.250. The first-order chi connectivity index (χ1) is 9.00. The van der Waals surface area contributed by atoms with Crippen molar-refractivity contribution in [3.63, 3.8) is 0 Å². The predicted molar refractivity (Wildman–Crippen MR) is 72.4 cm³/mol. The van der Waals surface area contributed by atoms with Gasteiger partial charge in [0.1, 0.15) is 4.90 Å². The number of aromatic amines is 1. The monoisotopic (exact) mass is 278 g/mol. The number of anilines is 2. The summed E-state index contributed by atoms with van der Waals surface area (Å²) >= 11 is 0. The van der Waals surface area contributed by atoms with Crippen molar-refractivity contribution in [3.05, 3.63) is 35.7 Å². The summed E-state index contributed by atoms with van der Waals surface area (Å²) in [4.78, 5) is 0.211. The Kier molecular flexibility index (Phi) is 2.53. The third kappa shape index (κ3) is 1.77. The van der Waals surface area contributed by atoms with Crippen LogP contribution in [0.25, 0.3) is 0 Å². The Bertz CT molecular complexity index is 736. The summed E-state index contributed by atoms with van der Waals surface area (Å²) in [5.74, 6) is 0. The van der Waals surface area contributed by atoms with Crippen molar-refractivity contribution in [1.82, 2.24) is 10.2 Å². The molecule has 0 unspecified atom stereocenters. The van der Waals surface area contributed by atoms with Crippen LogP contribution in [-0.2, 0) is 16.4 Å². The number of hydrogen-bond donors (Lipinski definition) is 2. The molecular formula is C12H14N4O2S. The van der Waals surface area contributed by atoms with Crippen LogP contribution in [0.2, 0.25) is 0 Å². The van der Waals surface area contributed by atoms with Crippen LogP contribution in [0, 0.1) is 6.92 Å². The number of aromatic nitrogens is 2. The Morgan fingerprint density at radius 3 is 2.89 bits per heavy atom. The van der Waals surface area contributed by atoms with E-state index in [2.05, 4.69) is 10.2 Å². The summed E-state index contributed by atoms with van der Waals surface area (Å²) in [5, 5.41) is 6.43. The number of nitrogens with zero attached hydrogens (tertiary/aromatic N) is 2. The van der Waals surface area contributed by atoms with Gasteiger partial charge < -0.3 is 5.73 Å². The summed E-state index contributed by atoms with van der Waals surface area (Å²) in [6.45, 7) is 2.13. The molecule has 19 heavy (non-hydrogen) atoms. The second-order valence-corrected chi connectivity index (χ2v) is 6.41. The van der Waals surface area contributed by atoms with Crippen molar-refractivity contribution < 1.29 is 8.42 Å². The molecule has 3 rings (SSSR count). The van der Waals surface area contributed by atoms with E-state index in [1.807, 2.05) is 6.07 Å². The lowest BCUT2D eigenvalue weighted by atomic mass is 10.1. The number of fused-ring (bicyclic) bond motifs is 1. The van der Waals surface area contributed by atoms with Crippen molar-refractivity contribution in [2.75, 3.05) is 16.6 Å². The molecule has 0 aliphatic carbocycles. The van der Waals surface area contributed by atoms with Crippen LogP contribution >= 0.6 is 0 Å². The van der Waals surface area contributed by atoms with Crippen LogP contribution in [0.1, 0.15) is 11.3 Å². The number of sulfonamides is 1. The average molecular weight is 278 g/mol. The highest BCUT2D eigenvalue weighted by molar-refractivity contribution is 7.92. The van der Waals surface area contributed by atoms with Gasteiger partial charge in [-0.2, -0.15) is 5.10 Å². The van der Waals surface area contributed by atoms with Crippen molar-refractivity contribution in [1.29, 1.82) is 0 Å². The Labute approximate surface area is 111 Å². The molecule has 3 N–H and O–H groups in total. The van der Waals surface area contributed by atoms with Crippen molar-refractivity contribution in [2.24, 2.45) is 0 Å². The summed E-state index contributed by atoms with van der Waals surface area (Å²) in [6, 6.07) is 5.37. The SMILES string of the molecule is Cc1[nH]ncc1S(=O)(=O)N1CCc2ccc(N)cc21. The van der Waals surface area contributed by atoms with Crippen LogP contribution in [0.3, 0.4) is 0 Å². The number of rotatable bonds is 2. The first-order valence-electron chi connectivity index (χ1n) is 5.91. The van der Waals surface area contributed by atoms with Crippen LogP contribution in [-0.4, -0.2) is 25.2 Å². The van der Waals surface area contributed by atoms with Crippen molar-refractivity contribution in [2.45, 2.75) is 18.2 Å². The number of aryl methyl sites for hydroxylation is 1. The van der Waals surface area contributed by atoms with E-state index in [9.17, 15) is 8.42 Å². The fourth-order valence-electron chi connectivity index (χ4n) is 2.33. The summed E-state index contributed by atoms with van der Waals surface area (Å²) in [6.07, 6.45) is 2.04. The Morgan fingerprint density at radius 1 is 1.42 bits per heavy atom. The van der Waals surface area contributed by atoms with Gasteiger partial charge in [-0.05, 0) is 31.0 Å². The van der Waals surface area contributed by atoms with E-state index in [0.29, 0.717) is 30.0 Å². The lowest BCUT2D eigenvalue weighted by molar-refractivity contribution is 0.592. The molecule has 0 atom stereocenters. The van der Waals surface area contributed by atoms with Gasteiger partial charge in [0.05, 0.1) is 17.6 Å². The zero-order valence-electron chi connectivity index (χ0n) is 10.4. The van der Waals surface area contributed by atoms with Gasteiger partial charge in [0.2, 0.25) is 0 Å². The van der Waals surface area contributed by atoms with E-state index < -0.39 is 10.0 Å². The normalized spacial score (nSPS) is 14.7. The van der Waals surface area contributed by atoms with Gasteiger partial charge in [0.25, 0.3) is 10.0 Å². The largest absolute Gasteiger partial charge is 0.399 e. The first kappa shape index (κ1) is 12.0. The fourth-order valence-corrected chi connectivity index (χ4v) is 3.95. The molecule has 0 bridgehead atoms. The third-order valence-electron chi connectivity index (χ3n) is 3.31. The van der Waals surface area contributed by atoms with E-state index in [0.717, 1.165) is 5.56 Å². The lowest BCUT2D eigenvalue weighted by Gasteiger charge is -2.19. The Balaban J connectivity index is 2.11. The van der Waals surface area contributed by atoms with Crippen LogP contribution in [0.4, 0.5) is 11.4 Å². The van der Waals surface area contributed by atoms with Gasteiger partial charge in [-0.3, -0.25) is 9.40 Å². The highest BCUT2D eigenvalue weighted by Crippen LogP contribution is 2.34. The number of benzene rings is 1. The predicted octanol–water partition coefficient (Wildman–Crippen LogP) is 1.05. The number of nitrogen functional groups attached to an aromatic ring is 1. The molecule has 1 aliphatic heterocycles. The molecule has 6 nitrogen and oxygen atoms in total. The van der Waals surface area contributed by atoms with E-state index in [4.69, 9.17) is 5.73 Å². The Hall–Kier alpha value is -2.02. The van der Waals surface area contributed by atoms with Gasteiger partial charge >= 0.3 is 0 Å². The minimum Gasteiger partial charge on any atom is -0.399 e. The lowest BCUT2D eigenvalue weighted by Crippen LogP contribution is -2.29. The second-order valence-electron chi connectivity index (χ2n) is 4.57. The maximum Gasteiger partial charge on any atom is 0.267 e. The average Bonchev–Trinajstić information content (AvgIpc) is 2.94. The Morgan fingerprint density at radius 2 is 2.21 bits per heavy atom. The van der Waals surface area contributed by atoms with E-state index in [-0.39, 0.29) is 4.90 Å². The molecule has 0 amide bonds. The minimum absolute atomic E-state index is 0.211. The van der Waals surface area contributed by atoms with Crippen molar-refractivity contribution >= 4 is 21.4 Å². The first-order valence-corrected chi connectivity index (χ1v) is 7.35. The summed E-state index contributed by atoms with van der Waals surface area (Å²) < 4.78 is 26.6. The maximum atomic E-state index is 12.6. The number of nitrogens with two attached hydrogens (primary N) is 1. The molecule has 1 aromatic carbocycles. The second kappa shape index (κ2) is 3.99. The smallest absolute Gasteiger partial charge is 0.267 e. The molecule has 2 aromatic rings. The molecule has 0 radical (unpaired) electrons. The molecule has 1 aromatic heterocycles. The van der Waals surface area contributed by atoms with Crippen LogP contribution in [0.5, 0.6) is 0 Å². The maximum absolute atomic E-state index is 12.6. The molecule has 100 valence electrons. The van der Waals surface area contributed by atoms with Gasteiger partial charge in [-0.15, -0.1) is 0 Å². The third-order valence-corrected chi connectivity index (χ3v) is 5.24. The minimum atomic E-state index is -3.57. The number of H-pyrrole nitrogens is 1. The van der Waals surface area contributed by atoms with E-state index >= 15 is 0 Å². The molecule has 0 saturated carbocycles. The highest BCUT2D eigenvalue weighted by Gasteiger charge is 2.32.